The van der Waals surface area contributed by atoms with Gasteiger partial charge >= 0.3 is 0 Å². The molecule has 0 spiro atoms. The molecule has 0 bridgehead atoms. The highest BCUT2D eigenvalue weighted by Gasteiger charge is 2.59. The monoisotopic (exact) mass is 234 g/mol. The zero-order valence-corrected chi connectivity index (χ0v) is 11.1. The Morgan fingerprint density at radius 2 is 2.14 bits per heavy atom. The molecule has 0 aliphatic heterocycles. The van der Waals surface area contributed by atoms with Crippen molar-refractivity contribution in [3.63, 3.8) is 0 Å². The molecule has 14 heavy (non-hydrogen) atoms. The summed E-state index contributed by atoms with van der Waals surface area (Å²) in [6.45, 7) is 12.8. The van der Waals surface area contributed by atoms with Gasteiger partial charge in [-0.05, 0) is 26.6 Å². The quantitative estimate of drug-likeness (QED) is 0.537. The van der Waals surface area contributed by atoms with Crippen LogP contribution in [-0.4, -0.2) is 20.7 Å². The Hall–Kier alpha value is 0.167. The first-order valence-electron chi connectivity index (χ1n) is 4.99. The van der Waals surface area contributed by atoms with E-state index in [1.54, 1.807) is 0 Å². The van der Waals surface area contributed by atoms with Crippen molar-refractivity contribution < 1.29 is 9.16 Å². The molecule has 0 unspecified atom stereocenters. The fourth-order valence-electron chi connectivity index (χ4n) is 1.64. The highest BCUT2D eigenvalue weighted by Crippen LogP contribution is 2.54. The second-order valence-corrected chi connectivity index (χ2v) is 9.58. The summed E-state index contributed by atoms with van der Waals surface area (Å²) in [6, 6.07) is 0. The lowest BCUT2D eigenvalue weighted by molar-refractivity contribution is -0.114. The minimum atomic E-state index is -1.58. The van der Waals surface area contributed by atoms with E-state index >= 15 is 0 Å². The van der Waals surface area contributed by atoms with Crippen LogP contribution in [-0.2, 0) is 9.16 Å². The van der Waals surface area contributed by atoms with Gasteiger partial charge in [0.25, 0.3) is 0 Å². The minimum absolute atomic E-state index is 0.177. The Kier molecular flexibility index (Phi) is 3.47. The van der Waals surface area contributed by atoms with Gasteiger partial charge in [0.1, 0.15) is 0 Å². The molecule has 0 heterocycles. The van der Waals surface area contributed by atoms with E-state index in [0.29, 0.717) is 11.6 Å². The summed E-state index contributed by atoms with van der Waals surface area (Å²) < 4.78 is 11.7. The number of hydrogen-bond acceptors (Lipinski definition) is 2. The summed E-state index contributed by atoms with van der Waals surface area (Å²) in [5.74, 6) is -0.270. The zero-order valence-electron chi connectivity index (χ0n) is 9.39. The van der Waals surface area contributed by atoms with Crippen LogP contribution in [0.2, 0.25) is 19.6 Å². The molecule has 0 aromatic rings. The van der Waals surface area contributed by atoms with Gasteiger partial charge in [0, 0.05) is 18.1 Å². The topological polar surface area (TPSA) is 18.5 Å². The summed E-state index contributed by atoms with van der Waals surface area (Å²) in [7, 11) is -1.58. The van der Waals surface area contributed by atoms with Crippen molar-refractivity contribution in [1.82, 2.24) is 0 Å². The minimum Gasteiger partial charge on any atom is -0.390 e. The maximum absolute atomic E-state index is 6.02. The lowest BCUT2D eigenvalue weighted by atomic mass is 10.4. The first kappa shape index (κ1) is 12.2. The summed E-state index contributed by atoms with van der Waals surface area (Å²) in [6.07, 6.45) is 0.855. The number of halogens is 1. The molecule has 0 aromatic carbocycles. The second kappa shape index (κ2) is 3.97. The predicted octanol–water partition coefficient (Wildman–Crippen LogP) is 3.34. The lowest BCUT2D eigenvalue weighted by Crippen LogP contribution is -2.36. The Bertz CT molecular complexity index is 237. The van der Waals surface area contributed by atoms with E-state index in [1.807, 2.05) is 6.92 Å². The van der Waals surface area contributed by atoms with Gasteiger partial charge in [-0.25, -0.2) is 0 Å². The van der Waals surface area contributed by atoms with Crippen LogP contribution < -0.4 is 0 Å². The van der Waals surface area contributed by atoms with Crippen molar-refractivity contribution in [3.8, 4) is 0 Å². The average Bonchev–Trinajstić information content (AvgIpc) is 2.60. The van der Waals surface area contributed by atoms with Crippen LogP contribution in [0.5, 0.6) is 0 Å². The van der Waals surface area contributed by atoms with Crippen molar-refractivity contribution in [2.75, 3.05) is 6.61 Å². The van der Waals surface area contributed by atoms with Gasteiger partial charge < -0.3 is 9.16 Å². The lowest BCUT2D eigenvalue weighted by Gasteiger charge is -2.27. The van der Waals surface area contributed by atoms with Crippen molar-refractivity contribution in [2.24, 2.45) is 5.92 Å². The average molecular weight is 235 g/mol. The molecule has 0 N–H and O–H groups in total. The van der Waals surface area contributed by atoms with Gasteiger partial charge in [0.2, 0.25) is 0 Å². The van der Waals surface area contributed by atoms with Crippen molar-refractivity contribution in [1.29, 1.82) is 0 Å². The maximum atomic E-state index is 6.02. The second-order valence-electron chi connectivity index (χ2n) is 4.66. The fourth-order valence-corrected chi connectivity index (χ4v) is 3.20. The summed E-state index contributed by atoms with van der Waals surface area (Å²) in [5.41, 5.74) is 0. The first-order valence-corrected chi connectivity index (χ1v) is 8.78. The molecule has 1 fully saturated rings. The molecule has 2 nitrogen and oxygen atoms in total. The third-order valence-electron chi connectivity index (χ3n) is 2.11. The van der Waals surface area contributed by atoms with Crippen LogP contribution in [0.3, 0.4) is 0 Å². The number of rotatable bonds is 5. The molecular formula is C10H19ClO2Si. The molecule has 1 rings (SSSR count). The molecule has 0 saturated heterocycles. The summed E-state index contributed by atoms with van der Waals surface area (Å²) >= 11 is 5.88. The third-order valence-corrected chi connectivity index (χ3v) is 3.33. The first-order chi connectivity index (χ1) is 6.31. The molecule has 0 aromatic heterocycles. The van der Waals surface area contributed by atoms with E-state index in [1.165, 1.54) is 0 Å². The largest absolute Gasteiger partial charge is 0.390 e. The van der Waals surface area contributed by atoms with Gasteiger partial charge in [-0.15, -0.1) is 0 Å². The van der Waals surface area contributed by atoms with Gasteiger partial charge in [0.05, 0.1) is 5.92 Å². The van der Waals surface area contributed by atoms with Gasteiger partial charge in [-0.2, -0.15) is 0 Å². The van der Waals surface area contributed by atoms with Crippen molar-refractivity contribution in [2.45, 2.75) is 38.8 Å². The Morgan fingerprint density at radius 3 is 2.43 bits per heavy atom. The Morgan fingerprint density at radius 1 is 1.57 bits per heavy atom. The molecule has 1 saturated carbocycles. The molecular weight excluding hydrogens is 216 g/mol. The molecule has 4 heteroatoms. The number of ether oxygens (including phenoxy) is 1. The van der Waals surface area contributed by atoms with Crippen LogP contribution in [0.4, 0.5) is 0 Å². The molecule has 0 radical (unpaired) electrons. The van der Waals surface area contributed by atoms with Crippen molar-refractivity contribution >= 4 is 19.9 Å². The molecule has 2 atom stereocenters. The Balaban J connectivity index is 2.63. The number of hydrogen-bond donors (Lipinski definition) is 0. The smallest absolute Gasteiger partial charge is 0.187 e. The molecule has 0 amide bonds. The highest BCUT2D eigenvalue weighted by molar-refractivity contribution is 6.69. The van der Waals surface area contributed by atoms with Gasteiger partial charge in [-0.3, -0.25) is 0 Å². The van der Waals surface area contributed by atoms with E-state index < -0.39 is 14.1 Å². The van der Waals surface area contributed by atoms with E-state index in [4.69, 9.17) is 20.8 Å². The third kappa shape index (κ3) is 2.83. The zero-order chi connectivity index (χ0) is 11.0. The summed E-state index contributed by atoms with van der Waals surface area (Å²) in [5, 5.41) is 0.650. The van der Waals surface area contributed by atoms with E-state index in [2.05, 4.69) is 26.2 Å². The van der Waals surface area contributed by atoms with Crippen LogP contribution in [0.25, 0.3) is 0 Å². The van der Waals surface area contributed by atoms with Crippen molar-refractivity contribution in [3.05, 3.63) is 11.6 Å². The van der Waals surface area contributed by atoms with Gasteiger partial charge in [0.15, 0.2) is 14.1 Å². The molecule has 1 aliphatic rings. The fraction of sp³-hybridized carbons (Fsp3) is 0.800. The van der Waals surface area contributed by atoms with Crippen LogP contribution in [0.1, 0.15) is 13.3 Å². The SMILES string of the molecule is C=C(Cl)[C@@H]1C[C@@]1(OCC)O[Si](C)(C)C. The van der Waals surface area contributed by atoms with Crippen LogP contribution in [0.15, 0.2) is 11.6 Å². The van der Waals surface area contributed by atoms with E-state index in [-0.39, 0.29) is 5.92 Å². The standard InChI is InChI=1S/C10H19ClO2Si/c1-6-12-10(13-14(3,4)5)7-9(10)8(2)11/h9H,2,6-7H2,1,3-5H3/t9-,10+/m0/s1. The normalized spacial score (nSPS) is 31.6. The van der Waals surface area contributed by atoms with E-state index in [9.17, 15) is 0 Å². The van der Waals surface area contributed by atoms with Gasteiger partial charge in [-0.1, -0.05) is 18.2 Å². The predicted molar refractivity (Wildman–Crippen MR) is 61.9 cm³/mol. The molecule has 1 aliphatic carbocycles. The summed E-state index contributed by atoms with van der Waals surface area (Å²) in [4.78, 5) is 0. The maximum Gasteiger partial charge on any atom is 0.187 e. The highest BCUT2D eigenvalue weighted by atomic mass is 35.5. The molecule has 82 valence electrons. The van der Waals surface area contributed by atoms with Crippen LogP contribution >= 0.6 is 11.6 Å². The van der Waals surface area contributed by atoms with E-state index in [0.717, 1.165) is 6.42 Å². The Labute approximate surface area is 92.4 Å². The van der Waals surface area contributed by atoms with Crippen LogP contribution in [0, 0.1) is 5.92 Å².